The molecule has 5 nitrogen and oxygen atoms in total. The van der Waals surface area contributed by atoms with Crippen LogP contribution in [-0.4, -0.2) is 26.1 Å². The van der Waals surface area contributed by atoms with Gasteiger partial charge in [0.05, 0.1) is 17.6 Å². The van der Waals surface area contributed by atoms with Gasteiger partial charge in [-0.25, -0.2) is 9.97 Å². The van der Waals surface area contributed by atoms with E-state index >= 15 is 0 Å². The van der Waals surface area contributed by atoms with Gasteiger partial charge in [0.2, 0.25) is 0 Å². The van der Waals surface area contributed by atoms with E-state index in [9.17, 15) is 0 Å². The van der Waals surface area contributed by atoms with E-state index in [1.807, 2.05) is 18.4 Å². The zero-order chi connectivity index (χ0) is 13.0. The van der Waals surface area contributed by atoms with Gasteiger partial charge in [-0.05, 0) is 26.8 Å². The molecule has 0 atom stereocenters. The third kappa shape index (κ3) is 2.73. The maximum atomic E-state index is 4.59. The van der Waals surface area contributed by atoms with Crippen LogP contribution >= 0.6 is 0 Å². The summed E-state index contributed by atoms with van der Waals surface area (Å²) in [6.07, 6.45) is 6.47. The van der Waals surface area contributed by atoms with Gasteiger partial charge in [0.15, 0.2) is 5.82 Å². The van der Waals surface area contributed by atoms with Crippen LogP contribution in [0.1, 0.15) is 30.4 Å². The van der Waals surface area contributed by atoms with Crippen molar-refractivity contribution in [3.63, 3.8) is 0 Å². The molecule has 18 heavy (non-hydrogen) atoms. The molecule has 2 aromatic rings. The Labute approximate surface area is 107 Å². The first-order valence-electron chi connectivity index (χ1n) is 6.25. The molecule has 0 aromatic carbocycles. The molecule has 0 fully saturated rings. The van der Waals surface area contributed by atoms with Crippen LogP contribution in [-0.2, 0) is 6.54 Å². The topological polar surface area (TPSA) is 55.6 Å². The summed E-state index contributed by atoms with van der Waals surface area (Å²) >= 11 is 0. The first-order valence-corrected chi connectivity index (χ1v) is 6.25. The molecule has 0 bridgehead atoms. The predicted octanol–water partition coefficient (Wildman–Crippen LogP) is 1.78. The SMILES string of the molecule is CCCNCc1cncc(-n2cnc(C)c2C)n1. The van der Waals surface area contributed by atoms with E-state index in [4.69, 9.17) is 0 Å². The Morgan fingerprint density at radius 1 is 1.28 bits per heavy atom. The smallest absolute Gasteiger partial charge is 0.156 e. The van der Waals surface area contributed by atoms with Crippen molar-refractivity contribution in [3.8, 4) is 5.82 Å². The summed E-state index contributed by atoms with van der Waals surface area (Å²) in [5, 5.41) is 3.32. The van der Waals surface area contributed by atoms with Crippen molar-refractivity contribution in [2.24, 2.45) is 0 Å². The van der Waals surface area contributed by atoms with E-state index in [1.165, 1.54) is 0 Å². The molecule has 5 heteroatoms. The minimum Gasteiger partial charge on any atom is -0.311 e. The number of imidazole rings is 1. The van der Waals surface area contributed by atoms with Gasteiger partial charge in [-0.1, -0.05) is 6.92 Å². The first-order chi connectivity index (χ1) is 8.72. The molecule has 0 aliphatic heterocycles. The van der Waals surface area contributed by atoms with E-state index in [-0.39, 0.29) is 0 Å². The molecule has 2 aromatic heterocycles. The van der Waals surface area contributed by atoms with Gasteiger partial charge >= 0.3 is 0 Å². The van der Waals surface area contributed by atoms with Crippen LogP contribution in [0.4, 0.5) is 0 Å². The third-order valence-electron chi connectivity index (χ3n) is 2.90. The van der Waals surface area contributed by atoms with Crippen LogP contribution in [0.5, 0.6) is 0 Å². The Kier molecular flexibility index (Phi) is 4.04. The monoisotopic (exact) mass is 245 g/mol. The molecule has 0 amide bonds. The largest absolute Gasteiger partial charge is 0.311 e. The summed E-state index contributed by atoms with van der Waals surface area (Å²) in [6.45, 7) is 7.92. The van der Waals surface area contributed by atoms with Crippen LogP contribution in [0.15, 0.2) is 18.7 Å². The highest BCUT2D eigenvalue weighted by atomic mass is 15.1. The predicted molar refractivity (Wildman–Crippen MR) is 70.6 cm³/mol. The first kappa shape index (κ1) is 12.7. The maximum absolute atomic E-state index is 4.59. The van der Waals surface area contributed by atoms with Gasteiger partial charge in [0.1, 0.15) is 6.33 Å². The molecular formula is C13H19N5. The molecule has 2 rings (SSSR count). The Balaban J connectivity index is 2.19. The van der Waals surface area contributed by atoms with Crippen molar-refractivity contribution in [1.82, 2.24) is 24.8 Å². The number of nitrogens with one attached hydrogen (secondary N) is 1. The molecule has 0 unspecified atom stereocenters. The van der Waals surface area contributed by atoms with Gasteiger partial charge in [0, 0.05) is 18.4 Å². The summed E-state index contributed by atoms with van der Waals surface area (Å²) in [5.41, 5.74) is 3.07. The van der Waals surface area contributed by atoms with Crippen molar-refractivity contribution in [1.29, 1.82) is 0 Å². The molecule has 1 N–H and O–H groups in total. The molecule has 0 aliphatic rings. The van der Waals surface area contributed by atoms with Crippen LogP contribution < -0.4 is 5.32 Å². The molecular weight excluding hydrogens is 226 g/mol. The van der Waals surface area contributed by atoms with Gasteiger partial charge in [-0.15, -0.1) is 0 Å². The second-order valence-electron chi connectivity index (χ2n) is 4.33. The molecule has 0 saturated heterocycles. The zero-order valence-electron chi connectivity index (χ0n) is 11.1. The Morgan fingerprint density at radius 2 is 2.11 bits per heavy atom. The lowest BCUT2D eigenvalue weighted by molar-refractivity contribution is 0.660. The van der Waals surface area contributed by atoms with E-state index in [0.29, 0.717) is 0 Å². The van der Waals surface area contributed by atoms with Crippen molar-refractivity contribution in [2.45, 2.75) is 33.7 Å². The summed E-state index contributed by atoms with van der Waals surface area (Å²) < 4.78 is 1.96. The minimum absolute atomic E-state index is 0.751. The highest BCUT2D eigenvalue weighted by Gasteiger charge is 2.06. The van der Waals surface area contributed by atoms with Crippen LogP contribution in [0.2, 0.25) is 0 Å². The number of aryl methyl sites for hydroxylation is 1. The summed E-state index contributed by atoms with van der Waals surface area (Å²) in [6, 6.07) is 0. The van der Waals surface area contributed by atoms with E-state index in [2.05, 4.69) is 27.2 Å². The summed E-state index contributed by atoms with van der Waals surface area (Å²) in [5.74, 6) is 0.823. The van der Waals surface area contributed by atoms with Gasteiger partial charge < -0.3 is 5.32 Å². The highest BCUT2D eigenvalue weighted by molar-refractivity contribution is 5.26. The standard InChI is InChI=1S/C13H19N5/c1-4-5-14-6-12-7-15-8-13(17-12)18-9-16-10(2)11(18)3/h7-9,14H,4-6H2,1-3H3. The van der Waals surface area contributed by atoms with Crippen LogP contribution in [0.3, 0.4) is 0 Å². The normalized spacial score (nSPS) is 10.8. The fraction of sp³-hybridized carbons (Fsp3) is 0.462. The fourth-order valence-electron chi connectivity index (χ4n) is 1.72. The van der Waals surface area contributed by atoms with Crippen molar-refractivity contribution >= 4 is 0 Å². The number of nitrogens with zero attached hydrogens (tertiary/aromatic N) is 4. The second kappa shape index (κ2) is 5.73. The zero-order valence-corrected chi connectivity index (χ0v) is 11.1. The average molecular weight is 245 g/mol. The van der Waals surface area contributed by atoms with Gasteiger partial charge in [-0.2, -0.15) is 0 Å². The van der Waals surface area contributed by atoms with Crippen molar-refractivity contribution < 1.29 is 0 Å². The molecule has 0 saturated carbocycles. The lowest BCUT2D eigenvalue weighted by Gasteiger charge is -2.07. The number of hydrogen-bond acceptors (Lipinski definition) is 4. The van der Waals surface area contributed by atoms with E-state index in [1.54, 1.807) is 18.7 Å². The second-order valence-corrected chi connectivity index (χ2v) is 4.33. The molecule has 2 heterocycles. The lowest BCUT2D eigenvalue weighted by Crippen LogP contribution is -2.15. The highest BCUT2D eigenvalue weighted by Crippen LogP contribution is 2.10. The quantitative estimate of drug-likeness (QED) is 0.816. The summed E-state index contributed by atoms with van der Waals surface area (Å²) in [4.78, 5) is 13.1. The molecule has 0 aliphatic carbocycles. The van der Waals surface area contributed by atoms with E-state index in [0.717, 1.165) is 42.4 Å². The minimum atomic E-state index is 0.751. The van der Waals surface area contributed by atoms with Crippen molar-refractivity contribution in [3.05, 3.63) is 35.8 Å². The van der Waals surface area contributed by atoms with E-state index < -0.39 is 0 Å². The van der Waals surface area contributed by atoms with Crippen LogP contribution in [0, 0.1) is 13.8 Å². The van der Waals surface area contributed by atoms with Gasteiger partial charge in [-0.3, -0.25) is 9.55 Å². The third-order valence-corrected chi connectivity index (χ3v) is 2.90. The Hall–Kier alpha value is -1.75. The lowest BCUT2D eigenvalue weighted by atomic mass is 10.4. The Bertz CT molecular complexity index is 518. The molecule has 0 radical (unpaired) electrons. The summed E-state index contributed by atoms with van der Waals surface area (Å²) in [7, 11) is 0. The number of hydrogen-bond donors (Lipinski definition) is 1. The van der Waals surface area contributed by atoms with Crippen LogP contribution in [0.25, 0.3) is 5.82 Å². The molecule has 96 valence electrons. The maximum Gasteiger partial charge on any atom is 0.156 e. The van der Waals surface area contributed by atoms with Crippen molar-refractivity contribution in [2.75, 3.05) is 6.54 Å². The average Bonchev–Trinajstić information content (AvgIpc) is 2.71. The fourth-order valence-corrected chi connectivity index (χ4v) is 1.72. The number of aromatic nitrogens is 4. The molecule has 0 spiro atoms. The Morgan fingerprint density at radius 3 is 2.78 bits per heavy atom. The number of rotatable bonds is 5. The van der Waals surface area contributed by atoms with Gasteiger partial charge in [0.25, 0.3) is 0 Å².